The molecule has 0 amide bonds. The highest BCUT2D eigenvalue weighted by molar-refractivity contribution is 5.22. The summed E-state index contributed by atoms with van der Waals surface area (Å²) in [4.78, 5) is 8.70. The Hall–Kier alpha value is -1.75. The Kier molecular flexibility index (Phi) is 2.83. The third-order valence-corrected chi connectivity index (χ3v) is 3.10. The fraction of sp³-hybridized carbons (Fsp3) is 0.417. The van der Waals surface area contributed by atoms with Crippen LogP contribution in [0, 0.1) is 0 Å². The number of piperidine rings is 1. The SMILES string of the molecule is c1ccc(-n2ncnc2[C@H]2CCCNC2)nc1. The molecule has 1 aliphatic heterocycles. The molecule has 3 rings (SSSR count). The largest absolute Gasteiger partial charge is 0.316 e. The third-order valence-electron chi connectivity index (χ3n) is 3.10. The number of hydrogen-bond acceptors (Lipinski definition) is 4. The van der Waals surface area contributed by atoms with Crippen molar-refractivity contribution in [2.24, 2.45) is 0 Å². The van der Waals surface area contributed by atoms with E-state index in [1.165, 1.54) is 12.8 Å². The second-order valence-electron chi connectivity index (χ2n) is 4.26. The van der Waals surface area contributed by atoms with Crippen molar-refractivity contribution in [1.29, 1.82) is 0 Å². The third kappa shape index (κ3) is 2.06. The molecule has 3 heterocycles. The highest BCUT2D eigenvalue weighted by Crippen LogP contribution is 2.22. The maximum absolute atomic E-state index is 4.39. The van der Waals surface area contributed by atoms with Gasteiger partial charge >= 0.3 is 0 Å². The first-order valence-electron chi connectivity index (χ1n) is 5.97. The number of nitrogens with zero attached hydrogens (tertiary/aromatic N) is 4. The lowest BCUT2D eigenvalue weighted by molar-refractivity contribution is 0.439. The average Bonchev–Trinajstić information content (AvgIpc) is 2.90. The van der Waals surface area contributed by atoms with E-state index in [1.807, 2.05) is 22.9 Å². The van der Waals surface area contributed by atoms with Crippen LogP contribution in [0.2, 0.25) is 0 Å². The van der Waals surface area contributed by atoms with Crippen LogP contribution in [0.5, 0.6) is 0 Å². The molecule has 1 atom stereocenters. The van der Waals surface area contributed by atoms with E-state index in [9.17, 15) is 0 Å². The lowest BCUT2D eigenvalue weighted by Crippen LogP contribution is -2.30. The molecule has 88 valence electrons. The molecule has 17 heavy (non-hydrogen) atoms. The van der Waals surface area contributed by atoms with Crippen LogP contribution in [0.15, 0.2) is 30.7 Å². The Morgan fingerprint density at radius 1 is 1.29 bits per heavy atom. The maximum Gasteiger partial charge on any atom is 0.155 e. The topological polar surface area (TPSA) is 55.6 Å². The minimum atomic E-state index is 0.438. The summed E-state index contributed by atoms with van der Waals surface area (Å²) in [6, 6.07) is 5.82. The molecule has 0 radical (unpaired) electrons. The van der Waals surface area contributed by atoms with Crippen LogP contribution in [0.1, 0.15) is 24.6 Å². The van der Waals surface area contributed by atoms with Gasteiger partial charge in [0.25, 0.3) is 0 Å². The summed E-state index contributed by atoms with van der Waals surface area (Å²) in [7, 11) is 0. The standard InChI is InChI=1S/C12H15N5/c1-2-7-14-11(5-1)17-12(15-9-16-17)10-4-3-6-13-8-10/h1-2,5,7,9-10,13H,3-4,6,8H2/t10-/m0/s1. The summed E-state index contributed by atoms with van der Waals surface area (Å²) in [5.41, 5.74) is 0. The molecule has 2 aromatic heterocycles. The fourth-order valence-corrected chi connectivity index (χ4v) is 2.26. The molecule has 1 saturated heterocycles. The molecule has 0 aromatic carbocycles. The van der Waals surface area contributed by atoms with E-state index in [4.69, 9.17) is 0 Å². The van der Waals surface area contributed by atoms with Crippen molar-refractivity contribution in [2.75, 3.05) is 13.1 Å². The Labute approximate surface area is 99.9 Å². The van der Waals surface area contributed by atoms with E-state index in [0.29, 0.717) is 5.92 Å². The fourth-order valence-electron chi connectivity index (χ4n) is 2.26. The highest BCUT2D eigenvalue weighted by Gasteiger charge is 2.21. The van der Waals surface area contributed by atoms with Gasteiger partial charge < -0.3 is 5.32 Å². The van der Waals surface area contributed by atoms with Crippen LogP contribution in [0.3, 0.4) is 0 Å². The Balaban J connectivity index is 1.93. The monoisotopic (exact) mass is 229 g/mol. The number of pyridine rings is 1. The second-order valence-corrected chi connectivity index (χ2v) is 4.26. The van der Waals surface area contributed by atoms with E-state index in [2.05, 4.69) is 20.4 Å². The molecule has 2 aromatic rings. The zero-order valence-electron chi connectivity index (χ0n) is 9.58. The summed E-state index contributed by atoms with van der Waals surface area (Å²) in [6.07, 6.45) is 5.75. The van der Waals surface area contributed by atoms with Gasteiger partial charge in [-0.3, -0.25) is 0 Å². The van der Waals surface area contributed by atoms with Gasteiger partial charge in [-0.1, -0.05) is 6.07 Å². The number of rotatable bonds is 2. The quantitative estimate of drug-likeness (QED) is 0.838. The zero-order chi connectivity index (χ0) is 11.5. The minimum absolute atomic E-state index is 0.438. The summed E-state index contributed by atoms with van der Waals surface area (Å²) >= 11 is 0. The van der Waals surface area contributed by atoms with Crippen LogP contribution in [0.25, 0.3) is 5.82 Å². The summed E-state index contributed by atoms with van der Waals surface area (Å²) in [5.74, 6) is 2.29. The molecular formula is C12H15N5. The Bertz CT molecular complexity index is 473. The van der Waals surface area contributed by atoms with Crippen molar-refractivity contribution in [3.63, 3.8) is 0 Å². The molecule has 0 spiro atoms. The van der Waals surface area contributed by atoms with E-state index in [0.717, 1.165) is 24.7 Å². The molecule has 5 nitrogen and oxygen atoms in total. The lowest BCUT2D eigenvalue weighted by atomic mass is 9.99. The first-order valence-corrected chi connectivity index (χ1v) is 5.97. The van der Waals surface area contributed by atoms with Gasteiger partial charge in [0.1, 0.15) is 12.2 Å². The van der Waals surface area contributed by atoms with Crippen LogP contribution >= 0.6 is 0 Å². The van der Waals surface area contributed by atoms with Crippen molar-refractivity contribution < 1.29 is 0 Å². The first kappa shape index (κ1) is 10.4. The average molecular weight is 229 g/mol. The first-order chi connectivity index (χ1) is 8.45. The van der Waals surface area contributed by atoms with Gasteiger partial charge in [0.2, 0.25) is 0 Å². The van der Waals surface area contributed by atoms with Gasteiger partial charge in [0.15, 0.2) is 5.82 Å². The molecule has 5 heteroatoms. The van der Waals surface area contributed by atoms with Gasteiger partial charge in [0, 0.05) is 18.7 Å². The normalized spacial score (nSPS) is 20.4. The molecule has 1 N–H and O–H groups in total. The van der Waals surface area contributed by atoms with Gasteiger partial charge in [-0.2, -0.15) is 9.78 Å². The molecule has 0 aliphatic carbocycles. The zero-order valence-corrected chi connectivity index (χ0v) is 9.58. The smallest absolute Gasteiger partial charge is 0.155 e. The van der Waals surface area contributed by atoms with Gasteiger partial charge in [-0.25, -0.2) is 9.97 Å². The maximum atomic E-state index is 4.39. The van der Waals surface area contributed by atoms with E-state index in [-0.39, 0.29) is 0 Å². The molecule has 1 fully saturated rings. The van der Waals surface area contributed by atoms with Crippen molar-refractivity contribution in [2.45, 2.75) is 18.8 Å². The number of aromatic nitrogens is 4. The van der Waals surface area contributed by atoms with Crippen molar-refractivity contribution >= 4 is 0 Å². The van der Waals surface area contributed by atoms with E-state index in [1.54, 1.807) is 12.5 Å². The summed E-state index contributed by atoms with van der Waals surface area (Å²) in [5, 5.41) is 7.68. The van der Waals surface area contributed by atoms with Crippen molar-refractivity contribution in [3.05, 3.63) is 36.5 Å². The van der Waals surface area contributed by atoms with Gasteiger partial charge in [-0.05, 0) is 31.5 Å². The predicted molar refractivity (Wildman–Crippen MR) is 64.0 cm³/mol. The Morgan fingerprint density at radius 3 is 3.06 bits per heavy atom. The molecule has 0 unspecified atom stereocenters. The molecular weight excluding hydrogens is 214 g/mol. The summed E-state index contributed by atoms with van der Waals surface area (Å²) in [6.45, 7) is 2.08. The van der Waals surface area contributed by atoms with Gasteiger partial charge in [-0.15, -0.1) is 0 Å². The number of nitrogens with one attached hydrogen (secondary N) is 1. The molecule has 0 saturated carbocycles. The van der Waals surface area contributed by atoms with Crippen LogP contribution in [-0.4, -0.2) is 32.8 Å². The lowest BCUT2D eigenvalue weighted by Gasteiger charge is -2.22. The molecule has 1 aliphatic rings. The Morgan fingerprint density at radius 2 is 2.29 bits per heavy atom. The second kappa shape index (κ2) is 4.63. The highest BCUT2D eigenvalue weighted by atomic mass is 15.4. The van der Waals surface area contributed by atoms with Crippen LogP contribution in [-0.2, 0) is 0 Å². The van der Waals surface area contributed by atoms with Crippen LogP contribution < -0.4 is 5.32 Å². The van der Waals surface area contributed by atoms with E-state index >= 15 is 0 Å². The van der Waals surface area contributed by atoms with Crippen molar-refractivity contribution in [3.8, 4) is 5.82 Å². The van der Waals surface area contributed by atoms with E-state index < -0.39 is 0 Å². The van der Waals surface area contributed by atoms with Crippen LogP contribution in [0.4, 0.5) is 0 Å². The number of hydrogen-bond donors (Lipinski definition) is 1. The minimum Gasteiger partial charge on any atom is -0.316 e. The molecule has 0 bridgehead atoms. The van der Waals surface area contributed by atoms with Gasteiger partial charge in [0.05, 0.1) is 0 Å². The summed E-state index contributed by atoms with van der Waals surface area (Å²) < 4.78 is 1.84. The predicted octanol–water partition coefficient (Wildman–Crippen LogP) is 1.13. The van der Waals surface area contributed by atoms with Crippen molar-refractivity contribution in [1.82, 2.24) is 25.1 Å².